The number of carbonyl (C=O) groups excluding carboxylic acids is 1. The van der Waals surface area contributed by atoms with Crippen LogP contribution in [-0.4, -0.2) is 25.7 Å². The lowest BCUT2D eigenvalue weighted by molar-refractivity contribution is -0.145. The van der Waals surface area contributed by atoms with Crippen molar-refractivity contribution < 1.29 is 9.63 Å². The smallest absolute Gasteiger partial charge is 0.339 e. The van der Waals surface area contributed by atoms with Gasteiger partial charge in [0.25, 0.3) is 0 Å². The van der Waals surface area contributed by atoms with Gasteiger partial charge in [-0.1, -0.05) is 75.9 Å². The number of nitrogens with zero attached hydrogens (tertiary/aromatic N) is 2. The second-order valence-corrected chi connectivity index (χ2v) is 6.90. The largest absolute Gasteiger partial charge is 0.364 e. The van der Waals surface area contributed by atoms with E-state index in [2.05, 4.69) is 21.9 Å². The van der Waals surface area contributed by atoms with E-state index < -0.39 is 17.2 Å². The molecule has 2 aromatic rings. The molecule has 8 nitrogen and oxygen atoms in total. The molecule has 0 bridgehead atoms. The fourth-order valence-corrected chi connectivity index (χ4v) is 3.06. The monoisotopic (exact) mass is 378 g/mol. The molecule has 8 heteroatoms. The first kappa shape index (κ1) is 20.9. The lowest BCUT2D eigenvalue weighted by Crippen LogP contribution is -2.42. The van der Waals surface area contributed by atoms with Gasteiger partial charge >= 0.3 is 17.2 Å². The van der Waals surface area contributed by atoms with Gasteiger partial charge in [-0.2, -0.15) is 0 Å². The summed E-state index contributed by atoms with van der Waals surface area (Å²) in [7, 11) is 0. The molecule has 0 unspecified atom stereocenters. The van der Waals surface area contributed by atoms with Crippen molar-refractivity contribution in [1.29, 1.82) is 0 Å². The van der Waals surface area contributed by atoms with Crippen LogP contribution in [0.25, 0.3) is 11.2 Å². The second kappa shape index (κ2) is 11.4. The molecule has 2 aromatic heterocycles. The molecule has 0 aromatic carbocycles. The highest BCUT2D eigenvalue weighted by atomic mass is 16.7. The first-order chi connectivity index (χ1) is 13.1. The van der Waals surface area contributed by atoms with Crippen LogP contribution >= 0.6 is 0 Å². The van der Waals surface area contributed by atoms with E-state index in [0.717, 1.165) is 12.8 Å². The maximum absolute atomic E-state index is 12.1. The lowest BCUT2D eigenvalue weighted by atomic mass is 10.1. The summed E-state index contributed by atoms with van der Waals surface area (Å²) < 4.78 is 0.446. The number of hydrogen-bond acceptors (Lipinski definition) is 5. The summed E-state index contributed by atoms with van der Waals surface area (Å²) in [4.78, 5) is 49.5. The number of aromatic nitrogens is 4. The van der Waals surface area contributed by atoms with Crippen LogP contribution in [0.2, 0.25) is 0 Å². The standard InChI is InChI=1S/C19H30N4O4/c1-2-3-4-5-6-7-8-9-10-11-12-13-15(24)27-23-18(25)16-17(21-14-20-16)22-19(23)26/h14H,2-13H2,1H3,(H,20,21)(H,22,26). The fourth-order valence-electron chi connectivity index (χ4n) is 3.06. The molecule has 2 heterocycles. The highest BCUT2D eigenvalue weighted by Crippen LogP contribution is 2.11. The molecule has 2 rings (SSSR count). The molecule has 27 heavy (non-hydrogen) atoms. The van der Waals surface area contributed by atoms with Gasteiger partial charge in [-0.3, -0.25) is 9.78 Å². The van der Waals surface area contributed by atoms with E-state index in [0.29, 0.717) is 11.2 Å². The summed E-state index contributed by atoms with van der Waals surface area (Å²) >= 11 is 0. The fraction of sp³-hybridized carbons (Fsp3) is 0.684. The molecular formula is C19H30N4O4. The Balaban J connectivity index is 1.61. The minimum Gasteiger partial charge on any atom is -0.339 e. The van der Waals surface area contributed by atoms with Crippen molar-refractivity contribution in [3.8, 4) is 0 Å². The SMILES string of the molecule is CCCCCCCCCCCCCC(=O)On1c(=O)[nH]c2nc[nH]c2c1=O. The zero-order chi connectivity index (χ0) is 19.5. The lowest BCUT2D eigenvalue weighted by Gasteiger charge is -2.05. The number of H-pyrrole nitrogens is 2. The Labute approximate surface area is 158 Å². The molecule has 2 N–H and O–H groups in total. The van der Waals surface area contributed by atoms with Crippen LogP contribution in [0.15, 0.2) is 15.9 Å². The number of unbranched alkanes of at least 4 members (excludes halogenated alkanes) is 10. The Bertz CT molecular complexity index is 821. The van der Waals surface area contributed by atoms with Crippen LogP contribution in [0.4, 0.5) is 0 Å². The molecule has 0 spiro atoms. The maximum Gasteiger partial charge on any atom is 0.364 e. The number of aromatic amines is 2. The van der Waals surface area contributed by atoms with Gasteiger partial charge in [-0.05, 0) is 6.42 Å². The topological polar surface area (TPSA) is 110 Å². The van der Waals surface area contributed by atoms with Crippen molar-refractivity contribution in [2.45, 2.75) is 84.0 Å². The number of hydrogen-bond donors (Lipinski definition) is 2. The molecular weight excluding hydrogens is 348 g/mol. The molecule has 150 valence electrons. The minimum atomic E-state index is -0.813. The molecule has 0 saturated heterocycles. The predicted octanol–water partition coefficient (Wildman–Crippen LogP) is 3.07. The van der Waals surface area contributed by atoms with Gasteiger partial charge in [0.05, 0.1) is 6.33 Å². The average molecular weight is 378 g/mol. The summed E-state index contributed by atoms with van der Waals surface area (Å²) in [5, 5.41) is 0. The summed E-state index contributed by atoms with van der Waals surface area (Å²) in [5.74, 6) is -0.586. The van der Waals surface area contributed by atoms with Crippen LogP contribution < -0.4 is 16.1 Å². The van der Waals surface area contributed by atoms with Gasteiger partial charge in [-0.25, -0.2) is 14.6 Å². The number of nitrogens with one attached hydrogen (secondary N) is 2. The number of carbonyl (C=O) groups is 1. The normalized spacial score (nSPS) is 11.1. The van der Waals surface area contributed by atoms with Crippen LogP contribution in [0.3, 0.4) is 0 Å². The number of imidazole rings is 1. The highest BCUT2D eigenvalue weighted by molar-refractivity contribution is 5.70. The maximum atomic E-state index is 12.1. The Morgan fingerprint density at radius 1 is 1.00 bits per heavy atom. The van der Waals surface area contributed by atoms with Gasteiger partial charge < -0.3 is 9.82 Å². The van der Waals surface area contributed by atoms with Crippen LogP contribution in [-0.2, 0) is 4.79 Å². The Morgan fingerprint density at radius 2 is 1.59 bits per heavy atom. The molecule has 0 aliphatic rings. The molecule has 0 aliphatic heterocycles. The Morgan fingerprint density at radius 3 is 2.22 bits per heavy atom. The van der Waals surface area contributed by atoms with E-state index in [1.807, 2.05) is 0 Å². The quantitative estimate of drug-likeness (QED) is 0.521. The summed E-state index contributed by atoms with van der Waals surface area (Å²) in [6.07, 6.45) is 14.5. The van der Waals surface area contributed by atoms with Crippen molar-refractivity contribution in [2.24, 2.45) is 0 Å². The van der Waals surface area contributed by atoms with Gasteiger partial charge in [0.1, 0.15) is 0 Å². The van der Waals surface area contributed by atoms with Crippen molar-refractivity contribution in [2.75, 3.05) is 0 Å². The zero-order valence-electron chi connectivity index (χ0n) is 16.1. The van der Waals surface area contributed by atoms with E-state index in [1.165, 1.54) is 57.7 Å². The number of fused-ring (bicyclic) bond motifs is 1. The van der Waals surface area contributed by atoms with Crippen molar-refractivity contribution >= 4 is 17.1 Å². The van der Waals surface area contributed by atoms with E-state index >= 15 is 0 Å². The van der Waals surface area contributed by atoms with E-state index in [1.54, 1.807) is 0 Å². The van der Waals surface area contributed by atoms with Gasteiger partial charge in [-0.15, -0.1) is 0 Å². The Hall–Kier alpha value is -2.38. The molecule has 0 fully saturated rings. The Kier molecular flexibility index (Phi) is 8.80. The summed E-state index contributed by atoms with van der Waals surface area (Å²) in [6.45, 7) is 2.23. The van der Waals surface area contributed by atoms with Crippen LogP contribution in [0.1, 0.15) is 84.0 Å². The van der Waals surface area contributed by atoms with Gasteiger partial charge in [0.15, 0.2) is 11.2 Å². The van der Waals surface area contributed by atoms with Gasteiger partial charge in [0.2, 0.25) is 0 Å². The van der Waals surface area contributed by atoms with Crippen molar-refractivity contribution in [1.82, 2.24) is 19.7 Å². The van der Waals surface area contributed by atoms with Crippen LogP contribution in [0.5, 0.6) is 0 Å². The number of rotatable bonds is 13. The van der Waals surface area contributed by atoms with Gasteiger partial charge in [0, 0.05) is 6.42 Å². The summed E-state index contributed by atoms with van der Waals surface area (Å²) in [6, 6.07) is 0. The molecule has 0 radical (unpaired) electrons. The predicted molar refractivity (Wildman–Crippen MR) is 104 cm³/mol. The first-order valence-electron chi connectivity index (χ1n) is 10.0. The first-order valence-corrected chi connectivity index (χ1v) is 10.0. The third-order valence-electron chi connectivity index (χ3n) is 4.63. The third-order valence-corrected chi connectivity index (χ3v) is 4.63. The van der Waals surface area contributed by atoms with Crippen LogP contribution in [0, 0.1) is 0 Å². The van der Waals surface area contributed by atoms with E-state index in [9.17, 15) is 14.4 Å². The molecule has 0 aliphatic carbocycles. The van der Waals surface area contributed by atoms with Crippen molar-refractivity contribution in [3.05, 3.63) is 27.2 Å². The van der Waals surface area contributed by atoms with E-state index in [-0.39, 0.29) is 17.6 Å². The van der Waals surface area contributed by atoms with E-state index in [4.69, 9.17) is 4.84 Å². The molecule has 0 atom stereocenters. The van der Waals surface area contributed by atoms with Crippen molar-refractivity contribution in [3.63, 3.8) is 0 Å². The summed E-state index contributed by atoms with van der Waals surface area (Å²) in [5.41, 5.74) is -1.30. The average Bonchev–Trinajstić information content (AvgIpc) is 3.11. The molecule has 0 saturated carbocycles. The highest BCUT2D eigenvalue weighted by Gasteiger charge is 2.13. The molecule has 0 amide bonds. The zero-order valence-corrected chi connectivity index (χ0v) is 16.1. The third kappa shape index (κ3) is 6.69. The minimum absolute atomic E-state index is 0.0945. The second-order valence-electron chi connectivity index (χ2n) is 6.90.